The Balaban J connectivity index is 1.87. The van der Waals surface area contributed by atoms with Gasteiger partial charge in [0, 0.05) is 47.6 Å². The molecule has 30 heavy (non-hydrogen) atoms. The van der Waals surface area contributed by atoms with E-state index < -0.39 is 12.2 Å². The van der Waals surface area contributed by atoms with E-state index in [0.717, 1.165) is 35.5 Å². The number of hydrogen-bond donors (Lipinski definition) is 2. The minimum absolute atomic E-state index is 0.00197. The number of nitrogens with zero attached hydrogens (tertiary/aromatic N) is 1. The van der Waals surface area contributed by atoms with E-state index >= 15 is 0 Å². The smallest absolute Gasteiger partial charge is 0.407 e. The van der Waals surface area contributed by atoms with Gasteiger partial charge in [0.2, 0.25) is 0 Å². The Morgan fingerprint density at radius 1 is 0.933 bits per heavy atom. The summed E-state index contributed by atoms with van der Waals surface area (Å²) in [6, 6.07) is 8.34. The molecule has 1 aliphatic rings. The van der Waals surface area contributed by atoms with Crippen molar-refractivity contribution in [3.05, 3.63) is 57.9 Å². The molecule has 162 valence electrons. The number of fused-ring (bicyclic) bond motifs is 2. The van der Waals surface area contributed by atoms with Crippen LogP contribution in [-0.2, 0) is 35.7 Å². The van der Waals surface area contributed by atoms with Crippen molar-refractivity contribution in [2.24, 2.45) is 0 Å². The molecule has 0 aliphatic carbocycles. The van der Waals surface area contributed by atoms with Crippen LogP contribution in [0.5, 0.6) is 0 Å². The molecule has 7 heteroatoms. The Kier molecular flexibility index (Phi) is 6.70. The summed E-state index contributed by atoms with van der Waals surface area (Å²) < 4.78 is 13.2. The number of hydrogen-bond acceptors (Lipinski definition) is 4. The van der Waals surface area contributed by atoms with E-state index in [2.05, 4.69) is 27.3 Å². The van der Waals surface area contributed by atoms with E-state index in [1.165, 1.54) is 11.1 Å². The van der Waals surface area contributed by atoms with Gasteiger partial charge >= 0.3 is 12.2 Å². The van der Waals surface area contributed by atoms with Gasteiger partial charge in [-0.1, -0.05) is 24.3 Å². The fourth-order valence-corrected chi connectivity index (χ4v) is 3.76. The van der Waals surface area contributed by atoms with E-state index in [1.807, 2.05) is 46.8 Å². The largest absolute Gasteiger partial charge is 0.445 e. The van der Waals surface area contributed by atoms with E-state index in [-0.39, 0.29) is 25.3 Å². The first-order valence-corrected chi connectivity index (χ1v) is 10.4. The second kappa shape index (κ2) is 9.24. The van der Waals surface area contributed by atoms with Crippen LogP contribution in [0, 0.1) is 6.92 Å². The quantitative estimate of drug-likeness (QED) is 0.640. The number of benzene rings is 1. The highest BCUT2D eigenvalue weighted by Gasteiger charge is 2.26. The minimum atomic E-state index is -0.457. The first kappa shape index (κ1) is 21.7. The summed E-state index contributed by atoms with van der Waals surface area (Å²) >= 11 is 0. The lowest BCUT2D eigenvalue weighted by molar-refractivity contribution is 0.129. The van der Waals surface area contributed by atoms with Gasteiger partial charge in [0.25, 0.3) is 0 Å². The second-order valence-corrected chi connectivity index (χ2v) is 8.27. The minimum Gasteiger partial charge on any atom is -0.445 e. The summed E-state index contributed by atoms with van der Waals surface area (Å²) in [5, 5.41) is 5.48. The van der Waals surface area contributed by atoms with Crippen LogP contribution in [0.3, 0.4) is 0 Å². The fourth-order valence-electron chi connectivity index (χ4n) is 3.76. The van der Waals surface area contributed by atoms with Crippen LogP contribution >= 0.6 is 0 Å². The van der Waals surface area contributed by atoms with Crippen molar-refractivity contribution in [3.63, 3.8) is 0 Å². The maximum atomic E-state index is 12.1. The molecule has 0 atom stereocenters. The molecular formula is C23H31N3O4. The zero-order valence-electron chi connectivity index (χ0n) is 18.4. The maximum absolute atomic E-state index is 12.1. The number of ether oxygens (including phenoxy) is 2. The van der Waals surface area contributed by atoms with Gasteiger partial charge in [-0.05, 0) is 45.7 Å². The molecule has 0 bridgehead atoms. The van der Waals surface area contributed by atoms with Crippen LogP contribution in [0.2, 0.25) is 0 Å². The van der Waals surface area contributed by atoms with Gasteiger partial charge in [-0.15, -0.1) is 0 Å². The number of amides is 2. The summed E-state index contributed by atoms with van der Waals surface area (Å²) in [6.07, 6.45) is -0.163. The molecule has 0 unspecified atom stereocenters. The molecule has 2 amide bonds. The molecule has 1 aromatic carbocycles. The highest BCUT2D eigenvalue weighted by molar-refractivity contribution is 5.68. The first-order valence-electron chi connectivity index (χ1n) is 10.4. The highest BCUT2D eigenvalue weighted by Crippen LogP contribution is 2.32. The van der Waals surface area contributed by atoms with Crippen molar-refractivity contribution in [3.8, 4) is 0 Å². The number of alkyl carbamates (subject to hydrolysis) is 2. The van der Waals surface area contributed by atoms with E-state index in [1.54, 1.807) is 0 Å². The van der Waals surface area contributed by atoms with Gasteiger partial charge in [0.15, 0.2) is 0 Å². The average Bonchev–Trinajstić information content (AvgIpc) is 2.92. The van der Waals surface area contributed by atoms with Gasteiger partial charge in [-0.25, -0.2) is 9.59 Å². The van der Waals surface area contributed by atoms with Gasteiger partial charge in [-0.2, -0.15) is 0 Å². The van der Waals surface area contributed by atoms with Crippen LogP contribution < -0.4 is 10.6 Å². The molecule has 2 heterocycles. The molecule has 2 N–H and O–H groups in total. The molecule has 0 radical (unpaired) electrons. The predicted octanol–water partition coefficient (Wildman–Crippen LogP) is 4.02. The second-order valence-electron chi connectivity index (χ2n) is 8.27. The van der Waals surface area contributed by atoms with E-state index in [4.69, 9.17) is 9.47 Å². The molecule has 2 aromatic rings. The molecule has 7 nitrogen and oxygen atoms in total. The number of nitrogens with one attached hydrogen (secondary N) is 2. The Labute approximate surface area is 177 Å². The van der Waals surface area contributed by atoms with Crippen molar-refractivity contribution < 1.29 is 19.1 Å². The van der Waals surface area contributed by atoms with Crippen LogP contribution in [0.4, 0.5) is 9.59 Å². The van der Waals surface area contributed by atoms with Crippen molar-refractivity contribution >= 4 is 12.2 Å². The Bertz CT molecular complexity index is 931. The summed E-state index contributed by atoms with van der Waals surface area (Å²) in [4.78, 5) is 24.1. The topological polar surface area (TPSA) is 81.6 Å². The number of aromatic nitrogens is 1. The van der Waals surface area contributed by atoms with Gasteiger partial charge in [0.05, 0.1) is 0 Å². The summed E-state index contributed by atoms with van der Waals surface area (Å²) in [7, 11) is 0. The van der Waals surface area contributed by atoms with Gasteiger partial charge < -0.3 is 24.7 Å². The third kappa shape index (κ3) is 4.96. The molecule has 0 spiro atoms. The SMILES string of the molecule is Cc1c(COC(=O)NC(C)C)c(COC(=O)NC(C)C)c2n1Cc1ccccc1C2. The predicted molar refractivity (Wildman–Crippen MR) is 114 cm³/mol. The van der Waals surface area contributed by atoms with Crippen molar-refractivity contribution in [2.75, 3.05) is 0 Å². The number of rotatable bonds is 6. The lowest BCUT2D eigenvalue weighted by Gasteiger charge is -2.21. The highest BCUT2D eigenvalue weighted by atomic mass is 16.6. The first-order chi connectivity index (χ1) is 14.3. The Hall–Kier alpha value is -2.96. The standard InChI is InChI=1S/C23H31N3O4/c1-14(2)24-22(27)29-12-19-16(5)26-11-18-9-7-6-8-17(18)10-21(26)20(19)13-30-23(28)25-15(3)4/h6-9,14-15H,10-13H2,1-5H3,(H,24,27)(H,25,28). The molecule has 1 aromatic heterocycles. The fraction of sp³-hybridized carbons (Fsp3) is 0.478. The van der Waals surface area contributed by atoms with Gasteiger partial charge in [-0.3, -0.25) is 0 Å². The zero-order valence-corrected chi connectivity index (χ0v) is 18.4. The number of carbonyl (C=O) groups excluding carboxylic acids is 2. The maximum Gasteiger partial charge on any atom is 0.407 e. The van der Waals surface area contributed by atoms with Crippen LogP contribution in [0.15, 0.2) is 24.3 Å². The molecule has 3 rings (SSSR count). The summed E-state index contributed by atoms with van der Waals surface area (Å²) in [5.41, 5.74) is 6.48. The molecule has 0 fully saturated rings. The average molecular weight is 414 g/mol. The Morgan fingerprint density at radius 2 is 1.47 bits per heavy atom. The third-order valence-electron chi connectivity index (χ3n) is 5.19. The molecular weight excluding hydrogens is 382 g/mol. The van der Waals surface area contributed by atoms with Crippen LogP contribution in [0.25, 0.3) is 0 Å². The van der Waals surface area contributed by atoms with Crippen molar-refractivity contribution in [2.45, 2.75) is 72.9 Å². The van der Waals surface area contributed by atoms with E-state index in [0.29, 0.717) is 0 Å². The van der Waals surface area contributed by atoms with Crippen LogP contribution in [0.1, 0.15) is 61.3 Å². The Morgan fingerprint density at radius 3 is 2.03 bits per heavy atom. The molecule has 0 saturated heterocycles. The molecule has 1 aliphatic heterocycles. The number of carbonyl (C=O) groups is 2. The summed E-state index contributed by atoms with van der Waals surface area (Å²) in [5.74, 6) is 0. The molecule has 0 saturated carbocycles. The third-order valence-corrected chi connectivity index (χ3v) is 5.19. The van der Waals surface area contributed by atoms with Crippen LogP contribution in [-0.4, -0.2) is 28.8 Å². The lowest BCUT2D eigenvalue weighted by Crippen LogP contribution is -2.31. The monoisotopic (exact) mass is 413 g/mol. The lowest BCUT2D eigenvalue weighted by atomic mass is 9.97. The van der Waals surface area contributed by atoms with Crippen molar-refractivity contribution in [1.29, 1.82) is 0 Å². The van der Waals surface area contributed by atoms with E-state index in [9.17, 15) is 9.59 Å². The zero-order chi connectivity index (χ0) is 21.8. The normalized spacial score (nSPS) is 12.4. The summed E-state index contributed by atoms with van der Waals surface area (Å²) in [6.45, 7) is 10.6. The van der Waals surface area contributed by atoms with Crippen molar-refractivity contribution in [1.82, 2.24) is 15.2 Å². The van der Waals surface area contributed by atoms with Gasteiger partial charge in [0.1, 0.15) is 13.2 Å².